The van der Waals surface area contributed by atoms with Gasteiger partial charge in [0.05, 0.1) is 10.0 Å². The minimum atomic E-state index is 0.547. The highest BCUT2D eigenvalue weighted by Gasteiger charge is 2.13. The molecule has 2 rings (SSSR count). The quantitative estimate of drug-likeness (QED) is 0.823. The van der Waals surface area contributed by atoms with Gasteiger partial charge in [-0.1, -0.05) is 60.5 Å². The van der Waals surface area contributed by atoms with Crippen molar-refractivity contribution in [2.75, 3.05) is 23.8 Å². The van der Waals surface area contributed by atoms with Crippen molar-refractivity contribution in [3.05, 3.63) is 52.0 Å². The smallest absolute Gasteiger partial charge is 0.149 e. The van der Waals surface area contributed by atoms with Crippen LogP contribution < -0.4 is 10.2 Å². The number of nitrogens with one attached hydrogen (secondary N) is 1. The van der Waals surface area contributed by atoms with Crippen LogP contribution in [0, 0.1) is 0 Å². The molecule has 0 saturated heterocycles. The first-order valence-corrected chi connectivity index (χ1v) is 7.72. The fourth-order valence-corrected chi connectivity index (χ4v) is 2.59. The second kappa shape index (κ2) is 7.53. The summed E-state index contributed by atoms with van der Waals surface area (Å²) >= 11 is 12.5. The Morgan fingerprint density at radius 2 is 1.86 bits per heavy atom. The minimum Gasteiger partial charge on any atom is -0.369 e. The van der Waals surface area contributed by atoms with Crippen LogP contribution in [-0.2, 0) is 6.54 Å². The molecule has 1 heterocycles. The highest BCUT2D eigenvalue weighted by atomic mass is 35.5. The molecule has 0 saturated carbocycles. The Balaban J connectivity index is 2.21. The maximum Gasteiger partial charge on any atom is 0.149 e. The fraction of sp³-hybridized carbons (Fsp3) is 0.312. The number of hydrogen-bond donors (Lipinski definition) is 1. The lowest BCUT2D eigenvalue weighted by atomic mass is 10.2. The molecule has 0 amide bonds. The van der Waals surface area contributed by atoms with E-state index < -0.39 is 0 Å². The molecule has 1 N–H and O–H groups in total. The molecule has 21 heavy (non-hydrogen) atoms. The van der Waals surface area contributed by atoms with Gasteiger partial charge in [0, 0.05) is 20.1 Å². The summed E-state index contributed by atoms with van der Waals surface area (Å²) < 4.78 is 0. The molecule has 5 heteroatoms. The highest BCUT2D eigenvalue weighted by Crippen LogP contribution is 2.31. The molecule has 0 spiro atoms. The molecule has 1 aromatic heterocycles. The van der Waals surface area contributed by atoms with Gasteiger partial charge < -0.3 is 10.2 Å². The standard InChI is InChI=1S/C16H19Cl2N3/c1-3-9-19-15-13(17)10-14(18)16(20-15)21(2)11-12-7-5-4-6-8-12/h4-8,10H,3,9,11H2,1-2H3,(H,19,20). The highest BCUT2D eigenvalue weighted by molar-refractivity contribution is 6.37. The van der Waals surface area contributed by atoms with Crippen LogP contribution in [0.25, 0.3) is 0 Å². The Morgan fingerprint density at radius 1 is 1.14 bits per heavy atom. The van der Waals surface area contributed by atoms with E-state index in [2.05, 4.69) is 29.4 Å². The number of benzene rings is 1. The summed E-state index contributed by atoms with van der Waals surface area (Å²) in [4.78, 5) is 6.58. The van der Waals surface area contributed by atoms with Crippen LogP contribution >= 0.6 is 23.2 Å². The van der Waals surface area contributed by atoms with Crippen LogP contribution in [0.3, 0.4) is 0 Å². The number of nitrogens with zero attached hydrogens (tertiary/aromatic N) is 2. The summed E-state index contributed by atoms with van der Waals surface area (Å²) in [5.41, 5.74) is 1.20. The maximum absolute atomic E-state index is 6.28. The van der Waals surface area contributed by atoms with E-state index in [-0.39, 0.29) is 0 Å². The monoisotopic (exact) mass is 323 g/mol. The Hall–Kier alpha value is -1.45. The summed E-state index contributed by atoms with van der Waals surface area (Å²) in [7, 11) is 1.97. The zero-order valence-corrected chi connectivity index (χ0v) is 13.7. The van der Waals surface area contributed by atoms with Gasteiger partial charge >= 0.3 is 0 Å². The van der Waals surface area contributed by atoms with Crippen molar-refractivity contribution in [3.8, 4) is 0 Å². The number of anilines is 2. The van der Waals surface area contributed by atoms with Gasteiger partial charge in [-0.05, 0) is 18.1 Å². The molecule has 3 nitrogen and oxygen atoms in total. The second-order valence-corrected chi connectivity index (χ2v) is 5.71. The SMILES string of the molecule is CCCNc1nc(N(C)Cc2ccccc2)c(Cl)cc1Cl. The lowest BCUT2D eigenvalue weighted by molar-refractivity contribution is 0.894. The van der Waals surface area contributed by atoms with E-state index in [0.717, 1.165) is 25.3 Å². The van der Waals surface area contributed by atoms with Gasteiger partial charge in [0.1, 0.15) is 11.6 Å². The van der Waals surface area contributed by atoms with E-state index >= 15 is 0 Å². The van der Waals surface area contributed by atoms with Gasteiger partial charge in [-0.3, -0.25) is 0 Å². The molecule has 1 aromatic carbocycles. The molecule has 2 aromatic rings. The van der Waals surface area contributed by atoms with Crippen molar-refractivity contribution in [2.24, 2.45) is 0 Å². The first kappa shape index (κ1) is 15.9. The Bertz CT molecular complexity index is 588. The lowest BCUT2D eigenvalue weighted by Crippen LogP contribution is -2.19. The van der Waals surface area contributed by atoms with Gasteiger partial charge in [0.25, 0.3) is 0 Å². The first-order chi connectivity index (χ1) is 10.1. The van der Waals surface area contributed by atoms with Crippen molar-refractivity contribution in [2.45, 2.75) is 19.9 Å². The van der Waals surface area contributed by atoms with Crippen LogP contribution in [0.4, 0.5) is 11.6 Å². The van der Waals surface area contributed by atoms with Crippen molar-refractivity contribution >= 4 is 34.8 Å². The Labute approximate surface area is 135 Å². The van der Waals surface area contributed by atoms with E-state index in [1.807, 2.05) is 30.1 Å². The molecule has 0 atom stereocenters. The maximum atomic E-state index is 6.28. The zero-order valence-electron chi connectivity index (χ0n) is 12.2. The summed E-state index contributed by atoms with van der Waals surface area (Å²) in [6.45, 7) is 3.66. The lowest BCUT2D eigenvalue weighted by Gasteiger charge is -2.21. The molecule has 0 aliphatic carbocycles. The van der Waals surface area contributed by atoms with Crippen LogP contribution in [0.5, 0.6) is 0 Å². The van der Waals surface area contributed by atoms with Gasteiger partial charge in [0.15, 0.2) is 0 Å². The van der Waals surface area contributed by atoms with Crippen molar-refractivity contribution in [1.82, 2.24) is 4.98 Å². The molecule has 0 bridgehead atoms. The third-order valence-electron chi connectivity index (χ3n) is 3.08. The van der Waals surface area contributed by atoms with E-state index in [4.69, 9.17) is 23.2 Å². The van der Waals surface area contributed by atoms with Crippen molar-refractivity contribution < 1.29 is 0 Å². The molecule has 0 unspecified atom stereocenters. The van der Waals surface area contributed by atoms with Crippen LogP contribution in [0.15, 0.2) is 36.4 Å². The van der Waals surface area contributed by atoms with Crippen molar-refractivity contribution in [1.29, 1.82) is 0 Å². The normalized spacial score (nSPS) is 10.5. The summed E-state index contributed by atoms with van der Waals surface area (Å²) in [5, 5.41) is 4.32. The average Bonchev–Trinajstić information content (AvgIpc) is 2.47. The molecular formula is C16H19Cl2N3. The third kappa shape index (κ3) is 4.26. The van der Waals surface area contributed by atoms with E-state index in [9.17, 15) is 0 Å². The first-order valence-electron chi connectivity index (χ1n) is 6.96. The van der Waals surface area contributed by atoms with E-state index in [0.29, 0.717) is 15.9 Å². The molecular weight excluding hydrogens is 305 g/mol. The summed E-state index contributed by atoms with van der Waals surface area (Å²) in [6.07, 6.45) is 1.01. The van der Waals surface area contributed by atoms with Crippen LogP contribution in [0.1, 0.15) is 18.9 Å². The largest absolute Gasteiger partial charge is 0.369 e. The number of aromatic nitrogens is 1. The fourth-order valence-electron chi connectivity index (χ4n) is 2.02. The van der Waals surface area contributed by atoms with Gasteiger partial charge in [0.2, 0.25) is 0 Å². The molecule has 0 fully saturated rings. The van der Waals surface area contributed by atoms with Gasteiger partial charge in [-0.25, -0.2) is 4.98 Å². The number of hydrogen-bond acceptors (Lipinski definition) is 3. The average molecular weight is 324 g/mol. The summed E-state index contributed by atoms with van der Waals surface area (Å²) in [5.74, 6) is 1.40. The number of rotatable bonds is 6. The molecule has 0 aliphatic rings. The molecule has 0 radical (unpaired) electrons. The van der Waals surface area contributed by atoms with Gasteiger partial charge in [-0.15, -0.1) is 0 Å². The van der Waals surface area contributed by atoms with Crippen molar-refractivity contribution in [3.63, 3.8) is 0 Å². The predicted molar refractivity (Wildman–Crippen MR) is 91.6 cm³/mol. The predicted octanol–water partition coefficient (Wildman–Crippen LogP) is 4.85. The van der Waals surface area contributed by atoms with E-state index in [1.54, 1.807) is 6.07 Å². The van der Waals surface area contributed by atoms with Crippen LogP contribution in [-0.4, -0.2) is 18.6 Å². The summed E-state index contributed by atoms with van der Waals surface area (Å²) in [6, 6.07) is 11.9. The second-order valence-electron chi connectivity index (χ2n) is 4.89. The Kier molecular flexibility index (Phi) is 5.71. The number of pyridine rings is 1. The molecule has 0 aliphatic heterocycles. The third-order valence-corrected chi connectivity index (χ3v) is 3.64. The topological polar surface area (TPSA) is 28.2 Å². The Morgan fingerprint density at radius 3 is 2.52 bits per heavy atom. The molecule has 112 valence electrons. The minimum absolute atomic E-state index is 0.547. The van der Waals surface area contributed by atoms with E-state index in [1.165, 1.54) is 5.56 Å². The number of halogens is 2. The zero-order chi connectivity index (χ0) is 15.2. The van der Waals surface area contributed by atoms with Crippen LogP contribution in [0.2, 0.25) is 10.0 Å². The van der Waals surface area contributed by atoms with Gasteiger partial charge in [-0.2, -0.15) is 0 Å².